The van der Waals surface area contributed by atoms with Gasteiger partial charge in [-0.1, -0.05) is 30.0 Å². The molecular weight excluding hydrogens is 530 g/mol. The van der Waals surface area contributed by atoms with Gasteiger partial charge >= 0.3 is 0 Å². The van der Waals surface area contributed by atoms with E-state index in [0.717, 1.165) is 4.90 Å². The number of para-hydroxylation sites is 1. The summed E-state index contributed by atoms with van der Waals surface area (Å²) in [4.78, 5) is 41.7. The molecule has 40 heavy (non-hydrogen) atoms. The minimum Gasteiger partial charge on any atom is -0.497 e. The molecule has 2 N–H and O–H groups in total. The van der Waals surface area contributed by atoms with Gasteiger partial charge in [-0.3, -0.25) is 19.3 Å². The van der Waals surface area contributed by atoms with Crippen LogP contribution in [0.2, 0.25) is 0 Å². The topological polar surface area (TPSA) is 110 Å². The van der Waals surface area contributed by atoms with E-state index in [-0.39, 0.29) is 23.1 Å². The summed E-state index contributed by atoms with van der Waals surface area (Å²) in [6.07, 6.45) is 1.50. The van der Waals surface area contributed by atoms with Crippen LogP contribution in [0, 0.1) is 0 Å². The molecule has 0 unspecified atom stereocenters. The summed E-state index contributed by atoms with van der Waals surface area (Å²) in [6.45, 7) is 0.0223. The number of benzene rings is 3. The van der Waals surface area contributed by atoms with Gasteiger partial charge in [-0.15, -0.1) is 0 Å². The molecule has 0 atom stereocenters. The van der Waals surface area contributed by atoms with Crippen LogP contribution in [0.1, 0.15) is 16.1 Å². The number of amides is 3. The Kier molecular flexibility index (Phi) is 7.88. The van der Waals surface area contributed by atoms with E-state index in [1.165, 1.54) is 32.2 Å². The number of ether oxygens (including phenoxy) is 2. The average molecular weight is 556 g/mol. The molecule has 0 aliphatic carbocycles. The van der Waals surface area contributed by atoms with Gasteiger partial charge in [0.25, 0.3) is 17.7 Å². The Hall–Kier alpha value is -4.96. The zero-order chi connectivity index (χ0) is 28.1. The molecule has 0 fully saturated rings. The van der Waals surface area contributed by atoms with Crippen molar-refractivity contribution in [1.82, 2.24) is 4.90 Å². The highest BCUT2D eigenvalue weighted by molar-refractivity contribution is 8.04. The van der Waals surface area contributed by atoms with E-state index in [9.17, 15) is 14.4 Å². The van der Waals surface area contributed by atoms with Gasteiger partial charge < -0.3 is 24.5 Å². The quantitative estimate of drug-likeness (QED) is 0.246. The predicted octanol–water partition coefficient (Wildman–Crippen LogP) is 5.53. The molecule has 0 radical (unpaired) electrons. The van der Waals surface area contributed by atoms with Crippen LogP contribution < -0.4 is 20.1 Å². The summed E-state index contributed by atoms with van der Waals surface area (Å²) in [6, 6.07) is 24.5. The van der Waals surface area contributed by atoms with Gasteiger partial charge in [0.2, 0.25) is 0 Å². The maximum Gasteiger partial charge on any atom is 0.278 e. The Labute approximate surface area is 234 Å². The maximum atomic E-state index is 13.4. The van der Waals surface area contributed by atoms with E-state index in [1.807, 2.05) is 30.3 Å². The van der Waals surface area contributed by atoms with Crippen LogP contribution in [-0.4, -0.2) is 36.8 Å². The zero-order valence-electron chi connectivity index (χ0n) is 21.7. The van der Waals surface area contributed by atoms with Crippen LogP contribution in [0.3, 0.4) is 0 Å². The number of carbonyl (C=O) groups is 3. The molecule has 0 spiro atoms. The highest BCUT2D eigenvalue weighted by Gasteiger charge is 2.39. The summed E-state index contributed by atoms with van der Waals surface area (Å²) in [5, 5.41) is 5.96. The summed E-state index contributed by atoms with van der Waals surface area (Å²) in [5.41, 5.74) is 1.78. The van der Waals surface area contributed by atoms with E-state index in [2.05, 4.69) is 10.6 Å². The van der Waals surface area contributed by atoms with Crippen LogP contribution in [0.25, 0.3) is 0 Å². The molecule has 3 amide bonds. The first-order valence-corrected chi connectivity index (χ1v) is 13.0. The number of rotatable bonds is 10. The van der Waals surface area contributed by atoms with E-state index >= 15 is 0 Å². The van der Waals surface area contributed by atoms with Crippen molar-refractivity contribution in [3.05, 3.63) is 113 Å². The Morgan fingerprint density at radius 3 is 2.33 bits per heavy atom. The van der Waals surface area contributed by atoms with Gasteiger partial charge in [-0.2, -0.15) is 0 Å². The first kappa shape index (κ1) is 26.6. The van der Waals surface area contributed by atoms with Crippen molar-refractivity contribution >= 4 is 40.9 Å². The van der Waals surface area contributed by atoms with Crippen molar-refractivity contribution in [2.45, 2.75) is 11.4 Å². The highest BCUT2D eigenvalue weighted by atomic mass is 32.2. The maximum absolute atomic E-state index is 13.4. The third kappa shape index (κ3) is 5.71. The highest BCUT2D eigenvalue weighted by Crippen LogP contribution is 2.37. The lowest BCUT2D eigenvalue weighted by molar-refractivity contribution is -0.138. The van der Waals surface area contributed by atoms with Gasteiger partial charge in [-0.25, -0.2) is 0 Å². The lowest BCUT2D eigenvalue weighted by Crippen LogP contribution is -2.31. The standard InChI is InChI=1S/C30H25N3O6S/c1-37-21-12-15-24(25(17-21)38-2)28(34)32-20-10-13-23(14-11-20)40-27-26(31-19-7-4-3-5-8-19)29(35)33(30(27)36)18-22-9-6-16-39-22/h3-17,31H,18H2,1-2H3,(H,32,34). The lowest BCUT2D eigenvalue weighted by Gasteiger charge is -2.13. The fourth-order valence-electron chi connectivity index (χ4n) is 4.04. The van der Waals surface area contributed by atoms with Gasteiger partial charge in [0.05, 0.1) is 32.6 Å². The monoisotopic (exact) mass is 555 g/mol. The number of anilines is 2. The average Bonchev–Trinajstić information content (AvgIpc) is 3.58. The van der Waals surface area contributed by atoms with Crippen molar-refractivity contribution in [3.8, 4) is 11.5 Å². The van der Waals surface area contributed by atoms with Gasteiger partial charge in [-0.05, 0) is 60.7 Å². The second-order valence-corrected chi connectivity index (χ2v) is 9.70. The normalized spacial score (nSPS) is 13.0. The molecule has 10 heteroatoms. The van der Waals surface area contributed by atoms with Crippen LogP contribution >= 0.6 is 11.8 Å². The third-order valence-electron chi connectivity index (χ3n) is 6.05. The summed E-state index contributed by atoms with van der Waals surface area (Å²) in [5.74, 6) is 0.257. The van der Waals surface area contributed by atoms with Crippen LogP contribution in [0.15, 0.2) is 111 Å². The van der Waals surface area contributed by atoms with Crippen molar-refractivity contribution in [3.63, 3.8) is 0 Å². The molecule has 1 aliphatic rings. The molecule has 0 saturated heterocycles. The Balaban J connectivity index is 1.35. The summed E-state index contributed by atoms with van der Waals surface area (Å²) in [7, 11) is 3.02. The minimum atomic E-state index is -0.440. The predicted molar refractivity (Wildman–Crippen MR) is 151 cm³/mol. The van der Waals surface area contributed by atoms with Crippen LogP contribution in [0.5, 0.6) is 11.5 Å². The van der Waals surface area contributed by atoms with E-state index in [1.54, 1.807) is 54.6 Å². The molecule has 0 saturated carbocycles. The molecule has 2 heterocycles. The Bertz CT molecular complexity index is 1570. The molecule has 9 nitrogen and oxygen atoms in total. The number of nitrogens with one attached hydrogen (secondary N) is 2. The largest absolute Gasteiger partial charge is 0.497 e. The Morgan fingerprint density at radius 2 is 1.65 bits per heavy atom. The number of imide groups is 1. The molecule has 4 aromatic rings. The van der Waals surface area contributed by atoms with Gasteiger partial charge in [0, 0.05) is 22.3 Å². The van der Waals surface area contributed by atoms with E-state index < -0.39 is 11.8 Å². The zero-order valence-corrected chi connectivity index (χ0v) is 22.5. The first-order chi connectivity index (χ1) is 19.5. The van der Waals surface area contributed by atoms with Crippen molar-refractivity contribution in [2.24, 2.45) is 0 Å². The van der Waals surface area contributed by atoms with E-state index in [0.29, 0.717) is 39.1 Å². The number of furan rings is 1. The molecule has 0 bridgehead atoms. The summed E-state index contributed by atoms with van der Waals surface area (Å²) < 4.78 is 15.9. The second kappa shape index (κ2) is 11.8. The van der Waals surface area contributed by atoms with Crippen LogP contribution in [-0.2, 0) is 16.1 Å². The summed E-state index contributed by atoms with van der Waals surface area (Å²) >= 11 is 1.17. The van der Waals surface area contributed by atoms with Crippen molar-refractivity contribution in [2.75, 3.05) is 24.9 Å². The van der Waals surface area contributed by atoms with Gasteiger partial charge in [0.1, 0.15) is 27.9 Å². The molecule has 3 aromatic carbocycles. The molecule has 1 aliphatic heterocycles. The fourth-order valence-corrected chi connectivity index (χ4v) is 4.98. The number of thioether (sulfide) groups is 1. The smallest absolute Gasteiger partial charge is 0.278 e. The molecular formula is C30H25N3O6S. The molecule has 202 valence electrons. The second-order valence-electron chi connectivity index (χ2n) is 8.62. The van der Waals surface area contributed by atoms with Crippen molar-refractivity contribution < 1.29 is 28.3 Å². The number of carbonyl (C=O) groups excluding carboxylic acids is 3. The van der Waals surface area contributed by atoms with E-state index in [4.69, 9.17) is 13.9 Å². The number of hydrogen-bond donors (Lipinski definition) is 2. The van der Waals surface area contributed by atoms with Gasteiger partial charge in [0.15, 0.2) is 0 Å². The number of methoxy groups -OCH3 is 2. The minimum absolute atomic E-state index is 0.0223. The Morgan fingerprint density at radius 1 is 0.875 bits per heavy atom. The number of hydrogen-bond acceptors (Lipinski definition) is 8. The van der Waals surface area contributed by atoms with Crippen LogP contribution in [0.4, 0.5) is 11.4 Å². The number of nitrogens with zero attached hydrogens (tertiary/aromatic N) is 1. The third-order valence-corrected chi connectivity index (χ3v) is 7.14. The SMILES string of the molecule is COc1ccc(C(=O)Nc2ccc(SC3=C(Nc4ccccc4)C(=O)N(Cc4ccco4)C3=O)cc2)c(OC)c1. The molecule has 1 aromatic heterocycles. The van der Waals surface area contributed by atoms with Crippen molar-refractivity contribution in [1.29, 1.82) is 0 Å². The fraction of sp³-hybridized carbons (Fsp3) is 0.100. The lowest BCUT2D eigenvalue weighted by atomic mass is 10.1. The first-order valence-electron chi connectivity index (χ1n) is 12.2. The molecule has 5 rings (SSSR count).